The molecule has 4 aromatic rings. The van der Waals surface area contributed by atoms with E-state index in [9.17, 15) is 9.59 Å². The second-order valence-electron chi connectivity index (χ2n) is 11.3. The number of unbranched alkanes of at least 4 members (excludes halogenated alkanes) is 2. The highest BCUT2D eigenvalue weighted by atomic mass is 32.2. The summed E-state index contributed by atoms with van der Waals surface area (Å²) in [5, 5.41) is 20.3. The number of allylic oxidation sites excluding steroid dienone is 1. The predicted molar refractivity (Wildman–Crippen MR) is 193 cm³/mol. The fourth-order valence-corrected chi connectivity index (χ4v) is 5.86. The number of amides is 1. The Morgan fingerprint density at radius 2 is 1.20 bits per heavy atom. The number of carboxylic acids is 1. The Kier molecular flexibility index (Phi) is 16.4. The zero-order valence-corrected chi connectivity index (χ0v) is 27.8. The molecule has 3 N–H and O–H groups in total. The number of hydrogen-bond donors (Lipinski definition) is 3. The van der Waals surface area contributed by atoms with E-state index in [0.29, 0.717) is 12.4 Å². The zero-order chi connectivity index (χ0) is 33.0. The van der Waals surface area contributed by atoms with E-state index < -0.39 is 12.0 Å². The van der Waals surface area contributed by atoms with Crippen LogP contribution in [0.4, 0.5) is 0 Å². The smallest absolute Gasteiger partial charge is 0.327 e. The van der Waals surface area contributed by atoms with Crippen LogP contribution in [0.15, 0.2) is 121 Å². The van der Waals surface area contributed by atoms with E-state index in [1.807, 2.05) is 24.3 Å². The average Bonchev–Trinajstić information content (AvgIpc) is 3.08. The lowest BCUT2D eigenvalue weighted by molar-refractivity contribution is -0.140. The molecule has 242 valence electrons. The van der Waals surface area contributed by atoms with Crippen LogP contribution >= 0.6 is 11.8 Å². The van der Waals surface area contributed by atoms with Crippen molar-refractivity contribution >= 4 is 23.6 Å². The minimum absolute atomic E-state index is 0.312. The highest BCUT2D eigenvalue weighted by Gasteiger charge is 2.17. The van der Waals surface area contributed by atoms with Gasteiger partial charge in [-0.15, -0.1) is 0 Å². The van der Waals surface area contributed by atoms with Gasteiger partial charge in [-0.2, -0.15) is 11.8 Å². The number of rotatable bonds is 16. The van der Waals surface area contributed by atoms with E-state index in [0.717, 1.165) is 44.3 Å². The first-order valence-corrected chi connectivity index (χ1v) is 17.1. The standard InChI is InChI=1S/C23H27NO3S.C17H20O/c1-17(14-15-28-16-22(23(26)27)24-18(2)25)8-9-19-10-12-21(13-11-19)20-6-4-3-5-7-20;18-14-6-2-3-7-15-10-12-17(13-11-15)16-8-4-1-5-9-16/h3-7,10-14,22H,8-9,15-16H2,1-2H3,(H,24,25)(H,26,27);1,4-5,8-13,18H,2-3,6-7,14H2/b17-14+;/t22-;/m0./s1. The maximum absolute atomic E-state index is 11.1. The number of carbonyl (C=O) groups is 2. The van der Waals surface area contributed by atoms with Gasteiger partial charge in [0.2, 0.25) is 5.91 Å². The Balaban J connectivity index is 0.000000275. The Bertz CT molecular complexity index is 1470. The molecule has 0 aliphatic carbocycles. The molecule has 1 atom stereocenters. The molecule has 0 fully saturated rings. The first-order chi connectivity index (χ1) is 22.4. The molecule has 0 saturated carbocycles. The van der Waals surface area contributed by atoms with Crippen LogP contribution in [-0.2, 0) is 22.4 Å². The van der Waals surface area contributed by atoms with Crippen molar-refractivity contribution in [3.8, 4) is 22.3 Å². The minimum Gasteiger partial charge on any atom is -0.480 e. The van der Waals surface area contributed by atoms with E-state index in [1.54, 1.807) is 0 Å². The maximum atomic E-state index is 11.1. The van der Waals surface area contributed by atoms with Gasteiger partial charge in [0.1, 0.15) is 6.04 Å². The summed E-state index contributed by atoms with van der Waals surface area (Å²) in [6.45, 7) is 3.74. The van der Waals surface area contributed by atoms with E-state index in [4.69, 9.17) is 10.2 Å². The van der Waals surface area contributed by atoms with Gasteiger partial charge in [-0.05, 0) is 72.4 Å². The van der Waals surface area contributed by atoms with Gasteiger partial charge in [-0.3, -0.25) is 4.79 Å². The van der Waals surface area contributed by atoms with Gasteiger partial charge in [-0.25, -0.2) is 4.79 Å². The quantitative estimate of drug-likeness (QED) is 0.0846. The molecule has 4 rings (SSSR count). The average molecular weight is 638 g/mol. The van der Waals surface area contributed by atoms with E-state index in [2.05, 4.69) is 103 Å². The van der Waals surface area contributed by atoms with Crippen molar-refractivity contribution in [1.29, 1.82) is 0 Å². The number of benzene rings is 4. The summed E-state index contributed by atoms with van der Waals surface area (Å²) in [5.41, 5.74) is 8.95. The van der Waals surface area contributed by atoms with Gasteiger partial charge < -0.3 is 15.5 Å². The van der Waals surface area contributed by atoms with Crippen molar-refractivity contribution < 1.29 is 19.8 Å². The highest BCUT2D eigenvalue weighted by molar-refractivity contribution is 7.99. The second kappa shape index (κ2) is 20.8. The molecule has 0 bridgehead atoms. The molecule has 0 heterocycles. The minimum atomic E-state index is -0.998. The fourth-order valence-electron chi connectivity index (χ4n) is 4.86. The number of hydrogen-bond acceptors (Lipinski definition) is 4. The molecule has 0 aromatic heterocycles. The Labute approximate surface area is 278 Å². The van der Waals surface area contributed by atoms with Crippen molar-refractivity contribution in [2.24, 2.45) is 0 Å². The largest absolute Gasteiger partial charge is 0.480 e. The van der Waals surface area contributed by atoms with Crippen LogP contribution in [0.5, 0.6) is 0 Å². The molecule has 0 unspecified atom stereocenters. The molecule has 0 spiro atoms. The number of thioether (sulfide) groups is 1. The summed E-state index contributed by atoms with van der Waals surface area (Å²) in [6, 6.07) is 37.4. The fraction of sp³-hybridized carbons (Fsp3) is 0.300. The first kappa shape index (κ1) is 36.3. The molecular formula is C40H47NO4S. The van der Waals surface area contributed by atoms with Gasteiger partial charge in [-0.1, -0.05) is 127 Å². The molecule has 0 saturated heterocycles. The van der Waals surface area contributed by atoms with Gasteiger partial charge in [0.15, 0.2) is 0 Å². The zero-order valence-electron chi connectivity index (χ0n) is 27.0. The predicted octanol–water partition coefficient (Wildman–Crippen LogP) is 8.61. The molecule has 0 aliphatic heterocycles. The van der Waals surface area contributed by atoms with Gasteiger partial charge >= 0.3 is 5.97 Å². The molecule has 46 heavy (non-hydrogen) atoms. The van der Waals surface area contributed by atoms with Crippen molar-refractivity contribution in [1.82, 2.24) is 5.32 Å². The number of aliphatic hydroxyl groups excluding tert-OH is 1. The lowest BCUT2D eigenvalue weighted by Gasteiger charge is -2.12. The molecule has 0 aliphatic rings. The topological polar surface area (TPSA) is 86.6 Å². The Hall–Kier alpha value is -4.13. The number of aliphatic hydroxyl groups is 1. The van der Waals surface area contributed by atoms with E-state index in [1.165, 1.54) is 57.6 Å². The third-order valence-electron chi connectivity index (χ3n) is 7.56. The summed E-state index contributed by atoms with van der Waals surface area (Å²) in [6.07, 6.45) is 8.38. The number of carbonyl (C=O) groups excluding carboxylic acids is 1. The monoisotopic (exact) mass is 637 g/mol. The SMILES string of the molecule is CC(=O)N[C@@H](CSC/C=C(\C)CCc1ccc(-c2ccccc2)cc1)C(=O)O.OCCCCCc1ccc(-c2ccccc2)cc1. The number of aryl methyl sites for hydroxylation is 2. The van der Waals surface area contributed by atoms with Crippen LogP contribution in [-0.4, -0.2) is 46.2 Å². The third kappa shape index (κ3) is 13.9. The summed E-state index contributed by atoms with van der Waals surface area (Å²) >= 11 is 1.51. The van der Waals surface area contributed by atoms with Crippen molar-refractivity contribution in [2.45, 2.75) is 58.4 Å². The molecule has 5 nitrogen and oxygen atoms in total. The third-order valence-corrected chi connectivity index (χ3v) is 8.53. The summed E-state index contributed by atoms with van der Waals surface area (Å²) in [5.74, 6) is -0.220. The lowest BCUT2D eigenvalue weighted by atomic mass is 10.0. The summed E-state index contributed by atoms with van der Waals surface area (Å²) < 4.78 is 0. The van der Waals surface area contributed by atoms with Gasteiger partial charge in [0.25, 0.3) is 0 Å². The van der Waals surface area contributed by atoms with Crippen molar-refractivity contribution in [3.63, 3.8) is 0 Å². The van der Waals surface area contributed by atoms with E-state index >= 15 is 0 Å². The molecule has 4 aromatic carbocycles. The van der Waals surface area contributed by atoms with Crippen LogP contribution < -0.4 is 5.32 Å². The van der Waals surface area contributed by atoms with Crippen molar-refractivity contribution in [2.75, 3.05) is 18.1 Å². The molecular weight excluding hydrogens is 591 g/mol. The highest BCUT2D eigenvalue weighted by Crippen LogP contribution is 2.21. The summed E-state index contributed by atoms with van der Waals surface area (Å²) in [4.78, 5) is 22.1. The van der Waals surface area contributed by atoms with E-state index in [-0.39, 0.29) is 5.91 Å². The van der Waals surface area contributed by atoms with Crippen LogP contribution in [0, 0.1) is 0 Å². The second-order valence-corrected chi connectivity index (χ2v) is 12.4. The Morgan fingerprint density at radius 3 is 1.67 bits per heavy atom. The number of aliphatic carboxylic acids is 1. The first-order valence-electron chi connectivity index (χ1n) is 16.0. The lowest BCUT2D eigenvalue weighted by Crippen LogP contribution is -2.41. The number of carboxylic acid groups (broad SMARTS) is 1. The van der Waals surface area contributed by atoms with Crippen LogP contribution in [0.1, 0.15) is 50.7 Å². The van der Waals surface area contributed by atoms with Crippen LogP contribution in [0.3, 0.4) is 0 Å². The normalized spacial score (nSPS) is 11.7. The maximum Gasteiger partial charge on any atom is 0.327 e. The number of nitrogens with one attached hydrogen (secondary N) is 1. The Morgan fingerprint density at radius 1 is 0.696 bits per heavy atom. The van der Waals surface area contributed by atoms with Gasteiger partial charge in [0, 0.05) is 25.0 Å². The van der Waals surface area contributed by atoms with Crippen LogP contribution in [0.25, 0.3) is 22.3 Å². The molecule has 6 heteroatoms. The summed E-state index contributed by atoms with van der Waals surface area (Å²) in [7, 11) is 0. The van der Waals surface area contributed by atoms with Crippen molar-refractivity contribution in [3.05, 3.63) is 132 Å². The molecule has 0 radical (unpaired) electrons. The van der Waals surface area contributed by atoms with Crippen LogP contribution in [0.2, 0.25) is 0 Å². The van der Waals surface area contributed by atoms with Gasteiger partial charge in [0.05, 0.1) is 0 Å². The molecule has 1 amide bonds.